The predicted octanol–water partition coefficient (Wildman–Crippen LogP) is -0.0600. The Morgan fingerprint density at radius 2 is 1.89 bits per heavy atom. The maximum Gasteiger partial charge on any atom is 0.324 e. The van der Waals surface area contributed by atoms with Gasteiger partial charge in [0.05, 0.1) is 11.9 Å². The molecular formula is C11H15NO5S. The Morgan fingerprint density at radius 1 is 1.33 bits per heavy atom. The van der Waals surface area contributed by atoms with Crippen LogP contribution in [0.2, 0.25) is 0 Å². The van der Waals surface area contributed by atoms with Crippen LogP contribution in [0.5, 0.6) is 0 Å². The average Bonchev–Trinajstić information content (AvgIpc) is 2.26. The van der Waals surface area contributed by atoms with Crippen molar-refractivity contribution in [1.82, 2.24) is 4.72 Å². The van der Waals surface area contributed by atoms with Crippen LogP contribution in [0.15, 0.2) is 30.3 Å². The number of benzene rings is 1. The second-order valence-electron chi connectivity index (χ2n) is 3.92. The lowest BCUT2D eigenvalue weighted by Gasteiger charge is -2.17. The Labute approximate surface area is 105 Å². The molecule has 3 N–H and O–H groups in total. The summed E-state index contributed by atoms with van der Waals surface area (Å²) in [6, 6.07) is 6.83. The lowest BCUT2D eigenvalue weighted by atomic mass is 10.2. The largest absolute Gasteiger partial charge is 0.480 e. The van der Waals surface area contributed by atoms with E-state index >= 15 is 0 Å². The van der Waals surface area contributed by atoms with E-state index in [1.807, 2.05) is 4.72 Å². The van der Waals surface area contributed by atoms with E-state index in [2.05, 4.69) is 0 Å². The van der Waals surface area contributed by atoms with Gasteiger partial charge in [0.1, 0.15) is 6.04 Å². The van der Waals surface area contributed by atoms with Gasteiger partial charge in [-0.1, -0.05) is 30.3 Å². The molecule has 0 aliphatic carbocycles. The van der Waals surface area contributed by atoms with Crippen LogP contribution in [0.25, 0.3) is 0 Å². The molecule has 2 atom stereocenters. The molecule has 0 saturated heterocycles. The van der Waals surface area contributed by atoms with Crippen molar-refractivity contribution in [3.05, 3.63) is 35.9 Å². The van der Waals surface area contributed by atoms with Gasteiger partial charge in [-0.3, -0.25) is 4.79 Å². The van der Waals surface area contributed by atoms with Crippen molar-refractivity contribution >= 4 is 16.0 Å². The number of aliphatic hydroxyl groups excluding tert-OH is 1. The predicted molar refractivity (Wildman–Crippen MR) is 65.3 cm³/mol. The molecule has 0 aliphatic rings. The Bertz CT molecular complexity index is 497. The molecule has 0 heterocycles. The second kappa shape index (κ2) is 5.94. The highest BCUT2D eigenvalue weighted by atomic mass is 32.2. The zero-order valence-corrected chi connectivity index (χ0v) is 10.6. The van der Waals surface area contributed by atoms with Gasteiger partial charge in [-0.2, -0.15) is 4.72 Å². The van der Waals surface area contributed by atoms with Gasteiger partial charge >= 0.3 is 5.97 Å². The van der Waals surface area contributed by atoms with Gasteiger partial charge in [-0.25, -0.2) is 8.42 Å². The van der Waals surface area contributed by atoms with Crippen LogP contribution < -0.4 is 4.72 Å². The molecule has 1 rings (SSSR count). The van der Waals surface area contributed by atoms with Gasteiger partial charge in [-0.15, -0.1) is 0 Å². The second-order valence-corrected chi connectivity index (χ2v) is 5.67. The van der Waals surface area contributed by atoms with Crippen LogP contribution in [-0.4, -0.2) is 36.7 Å². The van der Waals surface area contributed by atoms with Gasteiger partial charge in [0, 0.05) is 0 Å². The number of nitrogens with one attached hydrogen (secondary N) is 1. The minimum atomic E-state index is -3.81. The molecule has 1 aromatic rings. The average molecular weight is 273 g/mol. The highest BCUT2D eigenvalue weighted by Gasteiger charge is 2.28. The molecule has 1 aromatic carbocycles. The molecule has 100 valence electrons. The topological polar surface area (TPSA) is 104 Å². The van der Waals surface area contributed by atoms with E-state index in [-0.39, 0.29) is 5.75 Å². The highest BCUT2D eigenvalue weighted by molar-refractivity contribution is 7.88. The highest BCUT2D eigenvalue weighted by Crippen LogP contribution is 2.06. The van der Waals surface area contributed by atoms with Crippen LogP contribution in [0.1, 0.15) is 12.5 Å². The van der Waals surface area contributed by atoms with Crippen LogP contribution in [0.4, 0.5) is 0 Å². The maximum absolute atomic E-state index is 11.7. The molecule has 0 radical (unpaired) electrons. The summed E-state index contributed by atoms with van der Waals surface area (Å²) in [5.74, 6) is -1.74. The van der Waals surface area contributed by atoms with Crippen molar-refractivity contribution in [2.24, 2.45) is 0 Å². The monoisotopic (exact) mass is 273 g/mol. The number of carboxylic acid groups (broad SMARTS) is 1. The van der Waals surface area contributed by atoms with E-state index in [1.54, 1.807) is 30.3 Å². The Kier molecular flexibility index (Phi) is 4.83. The van der Waals surface area contributed by atoms with E-state index in [1.165, 1.54) is 6.92 Å². The number of hydrogen-bond acceptors (Lipinski definition) is 4. The van der Waals surface area contributed by atoms with Crippen LogP contribution in [-0.2, 0) is 20.6 Å². The van der Waals surface area contributed by atoms with Crippen LogP contribution >= 0.6 is 0 Å². The first-order valence-corrected chi connectivity index (χ1v) is 6.92. The molecule has 0 spiro atoms. The summed E-state index contributed by atoms with van der Waals surface area (Å²) in [6.45, 7) is 1.21. The van der Waals surface area contributed by atoms with Gasteiger partial charge in [0.15, 0.2) is 0 Å². The molecule has 18 heavy (non-hydrogen) atoms. The lowest BCUT2D eigenvalue weighted by Crippen LogP contribution is -2.47. The SMILES string of the molecule is C[C@@H](O)[C@@H](NS(=O)(=O)Cc1ccccc1)C(=O)O. The van der Waals surface area contributed by atoms with Crippen molar-refractivity contribution in [3.63, 3.8) is 0 Å². The lowest BCUT2D eigenvalue weighted by molar-refractivity contribution is -0.141. The summed E-state index contributed by atoms with van der Waals surface area (Å²) in [5, 5.41) is 18.0. The van der Waals surface area contributed by atoms with Crippen molar-refractivity contribution in [2.45, 2.75) is 24.8 Å². The number of aliphatic hydroxyl groups is 1. The number of hydrogen-bond donors (Lipinski definition) is 3. The Balaban J connectivity index is 2.79. The number of carbonyl (C=O) groups is 1. The van der Waals surface area contributed by atoms with Crippen molar-refractivity contribution in [2.75, 3.05) is 0 Å². The minimum Gasteiger partial charge on any atom is -0.480 e. The van der Waals surface area contributed by atoms with Crippen molar-refractivity contribution in [1.29, 1.82) is 0 Å². The van der Waals surface area contributed by atoms with E-state index in [0.29, 0.717) is 5.56 Å². The van der Waals surface area contributed by atoms with Crippen LogP contribution in [0.3, 0.4) is 0 Å². The third-order valence-electron chi connectivity index (χ3n) is 2.25. The molecule has 0 aromatic heterocycles. The van der Waals surface area contributed by atoms with Gasteiger partial charge in [-0.05, 0) is 12.5 Å². The first kappa shape index (κ1) is 14.6. The Morgan fingerprint density at radius 3 is 2.33 bits per heavy atom. The summed E-state index contributed by atoms with van der Waals surface area (Å²) in [4.78, 5) is 10.8. The van der Waals surface area contributed by atoms with E-state index in [9.17, 15) is 18.3 Å². The fourth-order valence-corrected chi connectivity index (χ4v) is 2.78. The summed E-state index contributed by atoms with van der Waals surface area (Å²) < 4.78 is 25.4. The summed E-state index contributed by atoms with van der Waals surface area (Å²) in [5.41, 5.74) is 0.541. The Hall–Kier alpha value is -1.44. The summed E-state index contributed by atoms with van der Waals surface area (Å²) in [7, 11) is -3.81. The molecule has 0 aliphatic heterocycles. The molecular weight excluding hydrogens is 258 g/mol. The first-order valence-electron chi connectivity index (χ1n) is 5.26. The van der Waals surface area contributed by atoms with E-state index < -0.39 is 28.1 Å². The number of rotatable bonds is 6. The molecule has 7 heteroatoms. The summed E-state index contributed by atoms with van der Waals surface area (Å²) in [6.07, 6.45) is -1.31. The molecule has 0 unspecified atom stereocenters. The van der Waals surface area contributed by atoms with Gasteiger partial charge < -0.3 is 10.2 Å². The number of sulfonamides is 1. The van der Waals surface area contributed by atoms with E-state index in [0.717, 1.165) is 0 Å². The molecule has 6 nitrogen and oxygen atoms in total. The quantitative estimate of drug-likeness (QED) is 0.673. The number of aliphatic carboxylic acids is 1. The summed E-state index contributed by atoms with van der Waals surface area (Å²) >= 11 is 0. The normalized spacial score (nSPS) is 15.0. The molecule has 0 amide bonds. The molecule has 0 bridgehead atoms. The smallest absolute Gasteiger partial charge is 0.324 e. The molecule has 0 fully saturated rings. The maximum atomic E-state index is 11.7. The zero-order chi connectivity index (χ0) is 13.8. The standard InChI is InChI=1S/C11H15NO5S/c1-8(13)10(11(14)15)12-18(16,17)7-9-5-3-2-4-6-9/h2-6,8,10,12-13H,7H2,1H3,(H,14,15)/t8-,10-/m1/s1. The van der Waals surface area contributed by atoms with Gasteiger partial charge in [0.2, 0.25) is 10.0 Å². The number of carboxylic acids is 1. The fourth-order valence-electron chi connectivity index (χ4n) is 1.38. The minimum absolute atomic E-state index is 0.329. The first-order chi connectivity index (χ1) is 8.32. The van der Waals surface area contributed by atoms with Gasteiger partial charge in [0.25, 0.3) is 0 Å². The van der Waals surface area contributed by atoms with E-state index in [4.69, 9.17) is 5.11 Å². The third-order valence-corrected chi connectivity index (χ3v) is 3.58. The van der Waals surface area contributed by atoms with Crippen molar-refractivity contribution < 1.29 is 23.4 Å². The third kappa shape index (κ3) is 4.44. The zero-order valence-electron chi connectivity index (χ0n) is 9.78. The molecule has 0 saturated carbocycles. The fraction of sp³-hybridized carbons (Fsp3) is 0.364. The van der Waals surface area contributed by atoms with Crippen LogP contribution in [0, 0.1) is 0 Å². The van der Waals surface area contributed by atoms with Crippen molar-refractivity contribution in [3.8, 4) is 0 Å².